The average molecular weight is 346 g/mol. The van der Waals surface area contributed by atoms with Crippen LogP contribution < -0.4 is 5.32 Å². The Morgan fingerprint density at radius 2 is 2.24 bits per heavy atom. The van der Waals surface area contributed by atoms with E-state index in [9.17, 15) is 0 Å². The number of rotatable bonds is 5. The van der Waals surface area contributed by atoms with Gasteiger partial charge in [-0.05, 0) is 24.6 Å². The van der Waals surface area contributed by atoms with E-state index in [1.165, 1.54) is 5.56 Å². The standard InChI is InChI=1S/C15H16BrN5/c1-11(8-21-10-17-9-20-21)19-7-12-4-5-14(16)13-3-2-6-18-15(12)13/h2-6,9-11,19H,7-8H2,1H3/t11-/m0/s1. The van der Waals surface area contributed by atoms with Crippen LogP contribution in [0.5, 0.6) is 0 Å². The maximum atomic E-state index is 4.50. The zero-order valence-corrected chi connectivity index (χ0v) is 13.3. The Morgan fingerprint density at radius 1 is 1.33 bits per heavy atom. The minimum absolute atomic E-state index is 0.300. The first-order valence-electron chi connectivity index (χ1n) is 6.82. The maximum Gasteiger partial charge on any atom is 0.137 e. The van der Waals surface area contributed by atoms with Crippen molar-refractivity contribution >= 4 is 26.8 Å². The van der Waals surface area contributed by atoms with Crippen LogP contribution in [0.2, 0.25) is 0 Å². The van der Waals surface area contributed by atoms with Crippen molar-refractivity contribution in [2.45, 2.75) is 26.1 Å². The molecule has 0 aliphatic heterocycles. The minimum atomic E-state index is 0.300. The van der Waals surface area contributed by atoms with E-state index in [2.05, 4.69) is 61.4 Å². The molecule has 2 heterocycles. The van der Waals surface area contributed by atoms with E-state index in [-0.39, 0.29) is 0 Å². The molecule has 0 unspecified atom stereocenters. The normalized spacial score (nSPS) is 12.7. The van der Waals surface area contributed by atoms with Crippen molar-refractivity contribution in [1.29, 1.82) is 0 Å². The molecule has 0 saturated heterocycles. The number of hydrogen-bond acceptors (Lipinski definition) is 4. The molecule has 0 radical (unpaired) electrons. The van der Waals surface area contributed by atoms with Crippen molar-refractivity contribution in [1.82, 2.24) is 25.1 Å². The van der Waals surface area contributed by atoms with E-state index in [0.29, 0.717) is 6.04 Å². The number of nitrogens with zero attached hydrogens (tertiary/aromatic N) is 4. The second-order valence-corrected chi connectivity index (χ2v) is 5.86. The molecule has 1 N–H and O–H groups in total. The smallest absolute Gasteiger partial charge is 0.137 e. The number of hydrogen-bond donors (Lipinski definition) is 1. The topological polar surface area (TPSA) is 55.6 Å². The monoisotopic (exact) mass is 345 g/mol. The van der Waals surface area contributed by atoms with Crippen LogP contribution in [0.25, 0.3) is 10.9 Å². The predicted octanol–water partition coefficient (Wildman–Crippen LogP) is 2.77. The van der Waals surface area contributed by atoms with Gasteiger partial charge in [-0.2, -0.15) is 5.10 Å². The average Bonchev–Trinajstić information content (AvgIpc) is 3.00. The lowest BCUT2D eigenvalue weighted by Gasteiger charge is -2.14. The zero-order chi connectivity index (χ0) is 14.7. The van der Waals surface area contributed by atoms with E-state index in [0.717, 1.165) is 28.5 Å². The van der Waals surface area contributed by atoms with Gasteiger partial charge < -0.3 is 5.32 Å². The summed E-state index contributed by atoms with van der Waals surface area (Å²) < 4.78 is 2.90. The highest BCUT2D eigenvalue weighted by molar-refractivity contribution is 9.10. The predicted molar refractivity (Wildman–Crippen MR) is 85.8 cm³/mol. The van der Waals surface area contributed by atoms with Gasteiger partial charge >= 0.3 is 0 Å². The highest BCUT2D eigenvalue weighted by atomic mass is 79.9. The molecule has 0 bridgehead atoms. The lowest BCUT2D eigenvalue weighted by atomic mass is 10.1. The van der Waals surface area contributed by atoms with Crippen molar-refractivity contribution in [3.05, 3.63) is 53.2 Å². The fraction of sp³-hybridized carbons (Fsp3) is 0.267. The summed E-state index contributed by atoms with van der Waals surface area (Å²) >= 11 is 3.57. The molecule has 3 aromatic rings. The molecule has 0 fully saturated rings. The molecule has 5 nitrogen and oxygen atoms in total. The fourth-order valence-electron chi connectivity index (χ4n) is 2.30. The number of benzene rings is 1. The van der Waals surface area contributed by atoms with Gasteiger partial charge in [0.25, 0.3) is 0 Å². The van der Waals surface area contributed by atoms with Gasteiger partial charge in [0.05, 0.1) is 12.1 Å². The van der Waals surface area contributed by atoms with Crippen LogP contribution in [0.4, 0.5) is 0 Å². The Bertz CT molecular complexity index is 726. The molecule has 1 atom stereocenters. The molecular formula is C15H16BrN5. The van der Waals surface area contributed by atoms with Crippen molar-refractivity contribution < 1.29 is 0 Å². The van der Waals surface area contributed by atoms with Crippen molar-refractivity contribution in [3.63, 3.8) is 0 Å². The first kappa shape index (κ1) is 14.2. The highest BCUT2D eigenvalue weighted by Crippen LogP contribution is 2.25. The van der Waals surface area contributed by atoms with Gasteiger partial charge in [0.15, 0.2) is 0 Å². The summed E-state index contributed by atoms with van der Waals surface area (Å²) in [7, 11) is 0. The van der Waals surface area contributed by atoms with Gasteiger partial charge in [-0.3, -0.25) is 9.67 Å². The van der Waals surface area contributed by atoms with Crippen molar-refractivity contribution in [2.24, 2.45) is 0 Å². The molecule has 2 aromatic heterocycles. The summed E-state index contributed by atoms with van der Waals surface area (Å²) in [6.45, 7) is 3.70. The molecule has 3 rings (SSSR count). The molecule has 108 valence electrons. The second kappa shape index (κ2) is 6.32. The lowest BCUT2D eigenvalue weighted by Crippen LogP contribution is -2.30. The zero-order valence-electron chi connectivity index (χ0n) is 11.7. The Balaban J connectivity index is 1.72. The molecule has 0 aliphatic carbocycles. The van der Waals surface area contributed by atoms with E-state index < -0.39 is 0 Å². The molecule has 0 amide bonds. The largest absolute Gasteiger partial charge is 0.308 e. The molecule has 6 heteroatoms. The SMILES string of the molecule is C[C@@H](Cn1cncn1)NCc1ccc(Br)c2cccnc12. The van der Waals surface area contributed by atoms with Crippen molar-refractivity contribution in [2.75, 3.05) is 0 Å². The molecule has 1 aromatic carbocycles. The Labute approximate surface area is 131 Å². The van der Waals surface area contributed by atoms with Crippen LogP contribution in [-0.4, -0.2) is 25.8 Å². The fourth-order valence-corrected chi connectivity index (χ4v) is 2.75. The quantitative estimate of drug-likeness (QED) is 0.772. The van der Waals surface area contributed by atoms with Crippen LogP contribution >= 0.6 is 15.9 Å². The van der Waals surface area contributed by atoms with Crippen molar-refractivity contribution in [3.8, 4) is 0 Å². The summed E-state index contributed by atoms with van der Waals surface area (Å²) in [5, 5.41) is 8.76. The minimum Gasteiger partial charge on any atom is -0.308 e. The van der Waals surface area contributed by atoms with Crippen LogP contribution in [0.3, 0.4) is 0 Å². The number of halogens is 1. The van der Waals surface area contributed by atoms with Gasteiger partial charge in [-0.1, -0.05) is 28.1 Å². The second-order valence-electron chi connectivity index (χ2n) is 5.01. The molecular weight excluding hydrogens is 330 g/mol. The number of pyridine rings is 1. The summed E-state index contributed by atoms with van der Waals surface area (Å²) in [5.41, 5.74) is 2.23. The molecule has 0 spiro atoms. The number of fused-ring (bicyclic) bond motifs is 1. The van der Waals surface area contributed by atoms with Gasteiger partial charge in [-0.25, -0.2) is 4.98 Å². The first-order chi connectivity index (χ1) is 10.2. The van der Waals surface area contributed by atoms with Gasteiger partial charge in [0.1, 0.15) is 12.7 Å². The summed E-state index contributed by atoms with van der Waals surface area (Å²) in [4.78, 5) is 8.45. The van der Waals surface area contributed by atoms with E-state index in [1.807, 2.05) is 16.9 Å². The van der Waals surface area contributed by atoms with E-state index in [4.69, 9.17) is 0 Å². The van der Waals surface area contributed by atoms with Crippen LogP contribution in [0.1, 0.15) is 12.5 Å². The summed E-state index contributed by atoms with van der Waals surface area (Å²) in [6, 6.07) is 8.51. The highest BCUT2D eigenvalue weighted by Gasteiger charge is 2.08. The third-order valence-corrected chi connectivity index (χ3v) is 4.06. The van der Waals surface area contributed by atoms with E-state index in [1.54, 1.807) is 12.7 Å². The molecule has 0 aliphatic rings. The Morgan fingerprint density at radius 3 is 3.05 bits per heavy atom. The van der Waals surface area contributed by atoms with Crippen LogP contribution in [0.15, 0.2) is 47.6 Å². The summed E-state index contributed by atoms with van der Waals surface area (Å²) in [5.74, 6) is 0. The van der Waals surface area contributed by atoms with Crippen LogP contribution in [-0.2, 0) is 13.1 Å². The third-order valence-electron chi connectivity index (χ3n) is 3.37. The molecule has 0 saturated carbocycles. The molecule has 21 heavy (non-hydrogen) atoms. The van der Waals surface area contributed by atoms with Gasteiger partial charge in [0, 0.05) is 28.6 Å². The van der Waals surface area contributed by atoms with Crippen LogP contribution in [0, 0.1) is 0 Å². The Kier molecular flexibility index (Phi) is 4.26. The van der Waals surface area contributed by atoms with Gasteiger partial charge in [-0.15, -0.1) is 0 Å². The lowest BCUT2D eigenvalue weighted by molar-refractivity contribution is 0.450. The number of nitrogens with one attached hydrogen (secondary N) is 1. The Hall–Kier alpha value is -1.79. The third kappa shape index (κ3) is 3.28. The van der Waals surface area contributed by atoms with E-state index >= 15 is 0 Å². The maximum absolute atomic E-state index is 4.50. The summed E-state index contributed by atoms with van der Waals surface area (Å²) in [6.07, 6.45) is 5.12. The number of aromatic nitrogens is 4. The first-order valence-corrected chi connectivity index (χ1v) is 7.61. The van der Waals surface area contributed by atoms with Gasteiger partial charge in [0.2, 0.25) is 0 Å².